The van der Waals surface area contributed by atoms with E-state index in [0.717, 1.165) is 11.1 Å². The number of aryl methyl sites for hydroxylation is 1. The molecule has 0 saturated carbocycles. The van der Waals surface area contributed by atoms with Gasteiger partial charge in [-0.1, -0.05) is 48.0 Å². The van der Waals surface area contributed by atoms with Gasteiger partial charge < -0.3 is 10.4 Å². The molecule has 4 nitrogen and oxygen atoms in total. The number of hydrogen-bond acceptors (Lipinski definition) is 2. The number of carbonyl (C=O) groups excluding carboxylic acids is 1. The highest BCUT2D eigenvalue weighted by molar-refractivity contribution is 5.96. The highest BCUT2D eigenvalue weighted by atomic mass is 16.4. The zero-order chi connectivity index (χ0) is 15.2. The minimum atomic E-state index is -1.04. The lowest BCUT2D eigenvalue weighted by molar-refractivity contribution is -0.139. The van der Waals surface area contributed by atoms with Gasteiger partial charge in [0.15, 0.2) is 0 Å². The summed E-state index contributed by atoms with van der Waals surface area (Å²) < 4.78 is 0. The van der Waals surface area contributed by atoms with Crippen molar-refractivity contribution >= 4 is 11.9 Å². The predicted octanol–water partition coefficient (Wildman–Crippen LogP) is 2.42. The van der Waals surface area contributed by atoms with Crippen molar-refractivity contribution in [2.75, 3.05) is 0 Å². The largest absolute Gasteiger partial charge is 0.480 e. The Hall–Kier alpha value is -2.62. The molecule has 2 aromatic rings. The molecule has 21 heavy (non-hydrogen) atoms. The Morgan fingerprint density at radius 2 is 1.67 bits per heavy atom. The van der Waals surface area contributed by atoms with E-state index in [1.165, 1.54) is 0 Å². The normalized spacial score (nSPS) is 11.7. The van der Waals surface area contributed by atoms with Crippen molar-refractivity contribution in [3.8, 4) is 0 Å². The Balaban J connectivity index is 2.07. The van der Waals surface area contributed by atoms with Crippen LogP contribution < -0.4 is 5.32 Å². The van der Waals surface area contributed by atoms with E-state index in [-0.39, 0.29) is 12.3 Å². The molecule has 0 aliphatic carbocycles. The first kappa shape index (κ1) is 14.8. The lowest BCUT2D eigenvalue weighted by Gasteiger charge is -2.15. The van der Waals surface area contributed by atoms with Crippen molar-refractivity contribution in [1.82, 2.24) is 5.32 Å². The van der Waals surface area contributed by atoms with Crippen LogP contribution in [0.25, 0.3) is 0 Å². The molecule has 0 bridgehead atoms. The molecule has 0 aromatic heterocycles. The predicted molar refractivity (Wildman–Crippen MR) is 80.2 cm³/mol. The molecule has 0 radical (unpaired) electrons. The fourth-order valence-electron chi connectivity index (χ4n) is 1.99. The number of carboxylic acids is 1. The second kappa shape index (κ2) is 6.70. The van der Waals surface area contributed by atoms with Crippen LogP contribution in [-0.4, -0.2) is 23.0 Å². The SMILES string of the molecule is Cc1ccc(C[C@@H](NC(=O)c2ccccc2)C(=O)O)cc1. The number of carbonyl (C=O) groups is 2. The van der Waals surface area contributed by atoms with Crippen molar-refractivity contribution in [2.24, 2.45) is 0 Å². The van der Waals surface area contributed by atoms with Crippen molar-refractivity contribution in [2.45, 2.75) is 19.4 Å². The Morgan fingerprint density at radius 1 is 1.05 bits per heavy atom. The minimum absolute atomic E-state index is 0.258. The molecule has 2 N–H and O–H groups in total. The molecule has 0 spiro atoms. The molecule has 4 heteroatoms. The maximum atomic E-state index is 12.0. The summed E-state index contributed by atoms with van der Waals surface area (Å²) in [6.45, 7) is 1.97. The molecule has 0 heterocycles. The number of nitrogens with one attached hydrogen (secondary N) is 1. The van der Waals surface area contributed by atoms with Gasteiger partial charge in [-0.2, -0.15) is 0 Å². The molecule has 1 atom stereocenters. The summed E-state index contributed by atoms with van der Waals surface area (Å²) >= 11 is 0. The molecule has 0 aliphatic heterocycles. The summed E-state index contributed by atoms with van der Waals surface area (Å²) in [6.07, 6.45) is 0.258. The van der Waals surface area contributed by atoms with Crippen molar-refractivity contribution in [3.05, 3.63) is 71.3 Å². The molecule has 0 unspecified atom stereocenters. The zero-order valence-electron chi connectivity index (χ0n) is 11.7. The van der Waals surface area contributed by atoms with Crippen LogP contribution in [0.15, 0.2) is 54.6 Å². The minimum Gasteiger partial charge on any atom is -0.480 e. The number of carboxylic acid groups (broad SMARTS) is 1. The highest BCUT2D eigenvalue weighted by Gasteiger charge is 2.20. The summed E-state index contributed by atoms with van der Waals surface area (Å²) in [4.78, 5) is 23.4. The van der Waals surface area contributed by atoms with Crippen LogP contribution >= 0.6 is 0 Å². The quantitative estimate of drug-likeness (QED) is 0.885. The average molecular weight is 283 g/mol. The van der Waals surface area contributed by atoms with Gasteiger partial charge in [0, 0.05) is 12.0 Å². The van der Waals surface area contributed by atoms with Gasteiger partial charge in [0.25, 0.3) is 5.91 Å². The third kappa shape index (κ3) is 4.18. The third-order valence-electron chi connectivity index (χ3n) is 3.20. The van der Waals surface area contributed by atoms with Gasteiger partial charge in [-0.25, -0.2) is 4.79 Å². The van der Waals surface area contributed by atoms with Crippen LogP contribution in [0.5, 0.6) is 0 Å². The van der Waals surface area contributed by atoms with E-state index >= 15 is 0 Å². The summed E-state index contributed by atoms with van der Waals surface area (Å²) in [5, 5.41) is 11.8. The van der Waals surface area contributed by atoms with Crippen LogP contribution in [0.4, 0.5) is 0 Å². The lowest BCUT2D eigenvalue weighted by atomic mass is 10.0. The van der Waals surface area contributed by atoms with Gasteiger partial charge in [-0.3, -0.25) is 4.79 Å². The van der Waals surface area contributed by atoms with Gasteiger partial charge in [0.1, 0.15) is 6.04 Å². The third-order valence-corrected chi connectivity index (χ3v) is 3.20. The summed E-state index contributed by atoms with van der Waals surface area (Å²) in [6, 6.07) is 15.2. The molecule has 1 amide bonds. The molecule has 2 aromatic carbocycles. The fraction of sp³-hybridized carbons (Fsp3) is 0.176. The number of hydrogen-bond donors (Lipinski definition) is 2. The molecule has 0 aliphatic rings. The molecule has 2 rings (SSSR count). The Morgan fingerprint density at radius 3 is 2.24 bits per heavy atom. The number of aliphatic carboxylic acids is 1. The highest BCUT2D eigenvalue weighted by Crippen LogP contribution is 2.07. The van der Waals surface area contributed by atoms with E-state index in [2.05, 4.69) is 5.32 Å². The number of rotatable bonds is 5. The lowest BCUT2D eigenvalue weighted by Crippen LogP contribution is -2.42. The number of amides is 1. The molecular formula is C17H17NO3. The smallest absolute Gasteiger partial charge is 0.326 e. The van der Waals surface area contributed by atoms with Crippen molar-refractivity contribution < 1.29 is 14.7 Å². The van der Waals surface area contributed by atoms with E-state index in [1.807, 2.05) is 31.2 Å². The average Bonchev–Trinajstić information content (AvgIpc) is 2.49. The van der Waals surface area contributed by atoms with Crippen molar-refractivity contribution in [3.63, 3.8) is 0 Å². The maximum Gasteiger partial charge on any atom is 0.326 e. The molecule has 108 valence electrons. The van der Waals surface area contributed by atoms with Gasteiger partial charge in [-0.15, -0.1) is 0 Å². The second-order valence-electron chi connectivity index (χ2n) is 4.92. The van der Waals surface area contributed by atoms with E-state index in [4.69, 9.17) is 0 Å². The monoisotopic (exact) mass is 283 g/mol. The van der Waals surface area contributed by atoms with Crippen molar-refractivity contribution in [1.29, 1.82) is 0 Å². The first-order valence-corrected chi connectivity index (χ1v) is 6.70. The maximum absolute atomic E-state index is 12.0. The Bertz CT molecular complexity index is 620. The van der Waals surface area contributed by atoms with Crippen LogP contribution in [0.1, 0.15) is 21.5 Å². The van der Waals surface area contributed by atoms with Crippen LogP contribution in [-0.2, 0) is 11.2 Å². The molecule has 0 fully saturated rings. The van der Waals surface area contributed by atoms with E-state index in [1.54, 1.807) is 30.3 Å². The van der Waals surface area contributed by atoms with Gasteiger partial charge in [0.2, 0.25) is 0 Å². The standard InChI is InChI=1S/C17H17NO3/c1-12-7-9-13(10-8-12)11-15(17(20)21)18-16(19)14-5-3-2-4-6-14/h2-10,15H,11H2,1H3,(H,18,19)(H,20,21)/t15-/m1/s1. The summed E-state index contributed by atoms with van der Waals surface area (Å²) in [5.41, 5.74) is 2.44. The Kier molecular flexibility index (Phi) is 4.72. The Labute approximate surface area is 123 Å². The summed E-state index contributed by atoms with van der Waals surface area (Å²) in [5.74, 6) is -1.42. The molecule has 0 saturated heterocycles. The topological polar surface area (TPSA) is 66.4 Å². The van der Waals surface area contributed by atoms with Crippen LogP contribution in [0.3, 0.4) is 0 Å². The number of benzene rings is 2. The first-order chi connectivity index (χ1) is 10.1. The van der Waals surface area contributed by atoms with Crippen LogP contribution in [0.2, 0.25) is 0 Å². The van der Waals surface area contributed by atoms with Gasteiger partial charge in [0.05, 0.1) is 0 Å². The van der Waals surface area contributed by atoms with E-state index in [0.29, 0.717) is 5.56 Å². The zero-order valence-corrected chi connectivity index (χ0v) is 11.7. The summed E-state index contributed by atoms with van der Waals surface area (Å²) in [7, 11) is 0. The van der Waals surface area contributed by atoms with E-state index in [9.17, 15) is 14.7 Å². The van der Waals surface area contributed by atoms with Gasteiger partial charge in [-0.05, 0) is 24.6 Å². The van der Waals surface area contributed by atoms with Gasteiger partial charge >= 0.3 is 5.97 Å². The first-order valence-electron chi connectivity index (χ1n) is 6.70. The van der Waals surface area contributed by atoms with Crippen LogP contribution in [0, 0.1) is 6.92 Å². The van der Waals surface area contributed by atoms with E-state index < -0.39 is 12.0 Å². The molecular weight excluding hydrogens is 266 g/mol. The fourth-order valence-corrected chi connectivity index (χ4v) is 1.99. The second-order valence-corrected chi connectivity index (χ2v) is 4.92.